The molecular formula is C35H35F3N4O2S. The van der Waals surface area contributed by atoms with Crippen LogP contribution in [-0.4, -0.2) is 36.0 Å². The molecule has 6 nitrogen and oxygen atoms in total. The van der Waals surface area contributed by atoms with Gasteiger partial charge < -0.3 is 20.3 Å². The number of hydrogen-bond acceptors (Lipinski definition) is 6. The monoisotopic (exact) mass is 632 g/mol. The number of nitrogens with zero attached hydrogens (tertiary/aromatic N) is 2. The van der Waals surface area contributed by atoms with E-state index < -0.39 is 11.7 Å². The number of anilines is 3. The van der Waals surface area contributed by atoms with Crippen molar-refractivity contribution in [3.63, 3.8) is 0 Å². The van der Waals surface area contributed by atoms with E-state index in [1.165, 1.54) is 12.5 Å². The van der Waals surface area contributed by atoms with Gasteiger partial charge in [-0.3, -0.25) is 9.78 Å². The number of aldehydes is 1. The summed E-state index contributed by atoms with van der Waals surface area (Å²) < 4.78 is 39.6. The Morgan fingerprint density at radius 1 is 0.933 bits per heavy atom. The lowest BCUT2D eigenvalue weighted by Gasteiger charge is -2.29. The summed E-state index contributed by atoms with van der Waals surface area (Å²) in [6.07, 6.45) is 2.08. The summed E-state index contributed by atoms with van der Waals surface area (Å²) >= 11 is 1.64. The number of carbonyl (C=O) groups is 2. The largest absolute Gasteiger partial charge is 0.416 e. The highest BCUT2D eigenvalue weighted by atomic mass is 32.2. The molecule has 1 aliphatic heterocycles. The topological polar surface area (TPSA) is 74.3 Å². The van der Waals surface area contributed by atoms with Gasteiger partial charge in [0.05, 0.1) is 16.9 Å². The Bertz CT molecular complexity index is 1620. The lowest BCUT2D eigenvalue weighted by atomic mass is 10.0. The van der Waals surface area contributed by atoms with E-state index in [0.717, 1.165) is 66.9 Å². The molecule has 1 fully saturated rings. The second kappa shape index (κ2) is 15.1. The maximum Gasteiger partial charge on any atom is 0.416 e. The highest BCUT2D eigenvalue weighted by Gasteiger charge is 2.30. The fourth-order valence-corrected chi connectivity index (χ4v) is 6.09. The van der Waals surface area contributed by atoms with Crippen LogP contribution in [0.15, 0.2) is 85.1 Å². The number of piperidine rings is 1. The number of amides is 1. The third-order valence-corrected chi connectivity index (χ3v) is 8.66. The van der Waals surface area contributed by atoms with Gasteiger partial charge in [0, 0.05) is 66.3 Å². The minimum atomic E-state index is -4.41. The quantitative estimate of drug-likeness (QED) is 0.121. The lowest BCUT2D eigenvalue weighted by molar-refractivity contribution is -0.137. The van der Waals surface area contributed by atoms with Crippen LogP contribution in [0.1, 0.15) is 52.7 Å². The molecule has 2 heterocycles. The van der Waals surface area contributed by atoms with Crippen molar-refractivity contribution in [1.82, 2.24) is 4.98 Å². The first-order valence-electron chi connectivity index (χ1n) is 15.0. The molecule has 5 rings (SSSR count). The van der Waals surface area contributed by atoms with Crippen molar-refractivity contribution in [3.05, 3.63) is 107 Å². The number of carbonyl (C=O) groups excluding carboxylic acids is 2. The van der Waals surface area contributed by atoms with E-state index >= 15 is 0 Å². The molecule has 2 N–H and O–H groups in total. The Labute approximate surface area is 265 Å². The number of hydrogen-bond donors (Lipinski definition) is 2. The van der Waals surface area contributed by atoms with Crippen molar-refractivity contribution in [2.24, 2.45) is 0 Å². The molecule has 234 valence electrons. The molecule has 1 aromatic heterocycles. The number of nitrogens with one attached hydrogen (secondary N) is 2. The van der Waals surface area contributed by atoms with E-state index in [1.807, 2.05) is 42.5 Å². The molecule has 10 heteroatoms. The summed E-state index contributed by atoms with van der Waals surface area (Å²) in [6, 6.07) is 22.3. The van der Waals surface area contributed by atoms with E-state index in [-0.39, 0.29) is 12.5 Å². The number of aromatic nitrogens is 1. The normalized spacial score (nSPS) is 13.4. The van der Waals surface area contributed by atoms with Gasteiger partial charge in [-0.25, -0.2) is 0 Å². The molecule has 0 radical (unpaired) electrons. The average molecular weight is 633 g/mol. The zero-order valence-corrected chi connectivity index (χ0v) is 25.6. The first kappa shape index (κ1) is 32.1. The summed E-state index contributed by atoms with van der Waals surface area (Å²) in [6.45, 7) is 2.11. The van der Waals surface area contributed by atoms with Gasteiger partial charge in [-0.15, -0.1) is 0 Å². The average Bonchev–Trinajstić information content (AvgIpc) is 3.06. The SMILES string of the molecule is O=CCCSCc1cccc(C(=O)Nc2ccc(N3CCCCC3)cc2-c2cc(NCc3cccc(C(F)(F)F)c3)ccn2)c1. The first-order valence-corrected chi connectivity index (χ1v) is 16.1. The van der Waals surface area contributed by atoms with Crippen LogP contribution in [0.3, 0.4) is 0 Å². The predicted molar refractivity (Wildman–Crippen MR) is 176 cm³/mol. The Kier molecular flexibility index (Phi) is 10.8. The number of benzene rings is 3. The molecule has 0 spiro atoms. The molecule has 0 saturated carbocycles. The van der Waals surface area contributed by atoms with E-state index in [1.54, 1.807) is 36.2 Å². The Morgan fingerprint density at radius 2 is 1.73 bits per heavy atom. The fourth-order valence-electron chi connectivity index (χ4n) is 5.27. The smallest absolute Gasteiger partial charge is 0.381 e. The van der Waals surface area contributed by atoms with Gasteiger partial charge >= 0.3 is 6.18 Å². The molecule has 1 saturated heterocycles. The minimum absolute atomic E-state index is 0.203. The van der Waals surface area contributed by atoms with Crippen molar-refractivity contribution in [2.45, 2.75) is 44.2 Å². The van der Waals surface area contributed by atoms with E-state index in [4.69, 9.17) is 0 Å². The van der Waals surface area contributed by atoms with Crippen LogP contribution in [0.2, 0.25) is 0 Å². The van der Waals surface area contributed by atoms with Gasteiger partial charge in [-0.1, -0.05) is 24.3 Å². The van der Waals surface area contributed by atoms with Crippen LogP contribution >= 0.6 is 11.8 Å². The van der Waals surface area contributed by atoms with E-state index in [9.17, 15) is 22.8 Å². The van der Waals surface area contributed by atoms with Gasteiger partial charge in [0.25, 0.3) is 5.91 Å². The van der Waals surface area contributed by atoms with Gasteiger partial charge in [-0.2, -0.15) is 24.9 Å². The number of alkyl halides is 3. The first-order chi connectivity index (χ1) is 21.8. The molecule has 1 aliphatic rings. The van der Waals surface area contributed by atoms with Crippen molar-refractivity contribution in [2.75, 3.05) is 34.4 Å². The maximum atomic E-state index is 13.4. The van der Waals surface area contributed by atoms with Crippen LogP contribution in [0.5, 0.6) is 0 Å². The zero-order chi connectivity index (χ0) is 31.6. The molecule has 4 aromatic rings. The number of rotatable bonds is 12. The highest BCUT2D eigenvalue weighted by molar-refractivity contribution is 7.98. The molecule has 1 amide bonds. The molecule has 45 heavy (non-hydrogen) atoms. The van der Waals surface area contributed by atoms with Crippen LogP contribution < -0.4 is 15.5 Å². The van der Waals surface area contributed by atoms with Crippen molar-refractivity contribution < 1.29 is 22.8 Å². The molecule has 3 aromatic carbocycles. The second-order valence-electron chi connectivity index (χ2n) is 10.9. The van der Waals surface area contributed by atoms with Crippen molar-refractivity contribution in [1.29, 1.82) is 0 Å². The van der Waals surface area contributed by atoms with Gasteiger partial charge in [0.15, 0.2) is 0 Å². The molecular weight excluding hydrogens is 597 g/mol. The number of halogens is 3. The summed E-state index contributed by atoms with van der Waals surface area (Å²) in [4.78, 5) is 31.0. The summed E-state index contributed by atoms with van der Waals surface area (Å²) in [5, 5.41) is 6.30. The fraction of sp³-hybridized carbons (Fsp3) is 0.286. The Balaban J connectivity index is 1.39. The number of thioether (sulfide) groups is 1. The summed E-state index contributed by atoms with van der Waals surface area (Å²) in [5.41, 5.74) is 5.06. The van der Waals surface area contributed by atoms with Crippen molar-refractivity contribution >= 4 is 41.0 Å². The standard InChI is InChI=1S/C35H35F3N4O2S/c36-35(37,38)28-10-5-7-25(20-28)23-40-29-13-14-39-33(21-29)31-22-30(42-15-2-1-3-16-42)11-12-32(31)41-34(44)27-9-4-8-26(19-27)24-45-18-6-17-43/h4-5,7-14,17,19-22H,1-3,6,15-16,18,23-24H2,(H,39,40)(H,41,44). The number of pyridine rings is 1. The molecule has 0 unspecified atom stereocenters. The third-order valence-electron chi connectivity index (χ3n) is 7.60. The van der Waals surface area contributed by atoms with Gasteiger partial charge in [0.2, 0.25) is 0 Å². The van der Waals surface area contributed by atoms with E-state index in [0.29, 0.717) is 40.4 Å². The Morgan fingerprint density at radius 3 is 2.53 bits per heavy atom. The van der Waals surface area contributed by atoms with Crippen LogP contribution in [0, 0.1) is 0 Å². The summed E-state index contributed by atoms with van der Waals surface area (Å²) in [5.74, 6) is 1.18. The van der Waals surface area contributed by atoms with Crippen LogP contribution in [0.4, 0.5) is 30.2 Å². The lowest BCUT2D eigenvalue weighted by Crippen LogP contribution is -2.29. The third kappa shape index (κ3) is 8.88. The molecule has 0 atom stereocenters. The minimum Gasteiger partial charge on any atom is -0.381 e. The van der Waals surface area contributed by atoms with Gasteiger partial charge in [-0.05, 0) is 85.0 Å². The van der Waals surface area contributed by atoms with E-state index in [2.05, 4.69) is 20.5 Å². The van der Waals surface area contributed by atoms with Crippen LogP contribution in [-0.2, 0) is 23.3 Å². The second-order valence-corrected chi connectivity index (χ2v) is 12.0. The molecule has 0 bridgehead atoms. The van der Waals surface area contributed by atoms with Crippen molar-refractivity contribution in [3.8, 4) is 11.3 Å². The maximum absolute atomic E-state index is 13.4. The molecule has 0 aliphatic carbocycles. The van der Waals surface area contributed by atoms with Gasteiger partial charge in [0.1, 0.15) is 6.29 Å². The zero-order valence-electron chi connectivity index (χ0n) is 24.8. The Hall–Kier alpha value is -4.31. The summed E-state index contributed by atoms with van der Waals surface area (Å²) in [7, 11) is 0. The predicted octanol–water partition coefficient (Wildman–Crippen LogP) is 8.44. The highest BCUT2D eigenvalue weighted by Crippen LogP contribution is 2.34. The van der Waals surface area contributed by atoms with Crippen LogP contribution in [0.25, 0.3) is 11.3 Å².